The van der Waals surface area contributed by atoms with Crippen molar-refractivity contribution in [1.82, 2.24) is 0 Å². The summed E-state index contributed by atoms with van der Waals surface area (Å²) in [6, 6.07) is 0. The average Bonchev–Trinajstić information content (AvgIpc) is 2.15. The summed E-state index contributed by atoms with van der Waals surface area (Å²) < 4.78 is 0. The Bertz CT molecular complexity index is 110. The van der Waals surface area contributed by atoms with E-state index in [0.717, 1.165) is 0 Å². The fourth-order valence-corrected chi connectivity index (χ4v) is 3.18. The topological polar surface area (TPSA) is 43.1 Å². The van der Waals surface area contributed by atoms with Crippen molar-refractivity contribution >= 4 is 16.8 Å². The fraction of sp³-hybridized carbons (Fsp3) is 0.833. The highest BCUT2D eigenvalue weighted by atomic mass is 32.2. The predicted molar refractivity (Wildman–Crippen MR) is 40.4 cm³/mol. The Kier molecular flexibility index (Phi) is 2.39. The molecule has 0 aromatic heterocycles. The highest BCUT2D eigenvalue weighted by molar-refractivity contribution is 7.97. The van der Waals surface area contributed by atoms with Crippen LogP contribution in [0.1, 0.15) is 12.8 Å². The Hall–Kier alpha value is -0.180. The van der Waals surface area contributed by atoms with Crippen molar-refractivity contribution in [1.29, 1.82) is 0 Å². The Morgan fingerprint density at radius 3 is 2.44 bits per heavy atom. The van der Waals surface area contributed by atoms with Crippen molar-refractivity contribution in [2.45, 2.75) is 12.8 Å². The molecule has 1 fully saturated rings. The summed E-state index contributed by atoms with van der Waals surface area (Å²) in [4.78, 5) is 10.4. The Morgan fingerprint density at radius 1 is 1.44 bits per heavy atom. The van der Waals surface area contributed by atoms with E-state index in [1.807, 2.05) is 0 Å². The number of carbonyl (C=O) groups is 1. The van der Waals surface area contributed by atoms with Gasteiger partial charge < -0.3 is 5.73 Å². The van der Waals surface area contributed by atoms with Gasteiger partial charge in [0.1, 0.15) is 11.5 Å². The number of amides is 1. The van der Waals surface area contributed by atoms with Gasteiger partial charge in [-0.3, -0.25) is 4.79 Å². The fourth-order valence-electron chi connectivity index (χ4n) is 1.06. The van der Waals surface area contributed by atoms with E-state index in [2.05, 4.69) is 0 Å². The molecule has 0 unspecified atom stereocenters. The zero-order valence-electron chi connectivity index (χ0n) is 5.43. The number of nitrogens with two attached hydrogens (primary N) is 1. The maximum Gasteiger partial charge on any atom is 0.267 e. The lowest BCUT2D eigenvalue weighted by molar-refractivity contribution is -0.115. The second kappa shape index (κ2) is 3.11. The molecule has 52 valence electrons. The van der Waals surface area contributed by atoms with E-state index in [-0.39, 0.29) is 5.91 Å². The summed E-state index contributed by atoms with van der Waals surface area (Å²) in [5, 5.41) is 0. The molecule has 1 rings (SSSR count). The first-order valence-electron chi connectivity index (χ1n) is 3.21. The quantitative estimate of drug-likeness (QED) is 0.542. The largest absolute Gasteiger partial charge is 0.366 e. The van der Waals surface area contributed by atoms with Crippen molar-refractivity contribution in [2.24, 2.45) is 5.73 Å². The van der Waals surface area contributed by atoms with E-state index in [4.69, 9.17) is 5.73 Å². The first-order valence-corrected chi connectivity index (χ1v) is 4.94. The van der Waals surface area contributed by atoms with Gasteiger partial charge in [0.2, 0.25) is 0 Å². The molecule has 0 aromatic rings. The van der Waals surface area contributed by atoms with Crippen LogP contribution in [0.3, 0.4) is 0 Å². The van der Waals surface area contributed by atoms with E-state index < -0.39 is 0 Å². The number of hydrogen-bond donors (Lipinski definition) is 1. The number of hydrogen-bond acceptors (Lipinski definition) is 1. The molecule has 9 heavy (non-hydrogen) atoms. The molecular weight excluding hydrogens is 134 g/mol. The van der Waals surface area contributed by atoms with Gasteiger partial charge in [0, 0.05) is 0 Å². The number of carbonyl (C=O) groups excluding carboxylic acids is 1. The van der Waals surface area contributed by atoms with Crippen molar-refractivity contribution in [3.63, 3.8) is 0 Å². The second-order valence-corrected chi connectivity index (χ2v) is 4.67. The summed E-state index contributed by atoms with van der Waals surface area (Å²) in [5.41, 5.74) is 5.04. The van der Waals surface area contributed by atoms with Crippen molar-refractivity contribution in [3.8, 4) is 0 Å². The van der Waals surface area contributed by atoms with Crippen LogP contribution in [0, 0.1) is 0 Å². The van der Waals surface area contributed by atoms with Crippen LogP contribution >= 0.6 is 0 Å². The van der Waals surface area contributed by atoms with Gasteiger partial charge >= 0.3 is 0 Å². The third kappa shape index (κ3) is 2.26. The molecule has 2 N–H and O–H groups in total. The van der Waals surface area contributed by atoms with Crippen LogP contribution in [0.5, 0.6) is 0 Å². The summed E-state index contributed by atoms with van der Waals surface area (Å²) in [6.45, 7) is 0. The van der Waals surface area contributed by atoms with Crippen LogP contribution in [-0.4, -0.2) is 23.2 Å². The van der Waals surface area contributed by atoms with E-state index >= 15 is 0 Å². The third-order valence-electron chi connectivity index (χ3n) is 1.46. The summed E-state index contributed by atoms with van der Waals surface area (Å²) in [7, 11) is 0.368. The SMILES string of the molecule is NC(=O)C[S+]1CCCC1. The van der Waals surface area contributed by atoms with Gasteiger partial charge in [-0.1, -0.05) is 0 Å². The molecule has 1 amide bonds. The van der Waals surface area contributed by atoms with Crippen molar-refractivity contribution in [3.05, 3.63) is 0 Å². The van der Waals surface area contributed by atoms with E-state index in [1.54, 1.807) is 0 Å². The number of rotatable bonds is 2. The average molecular weight is 146 g/mol. The van der Waals surface area contributed by atoms with Crippen LogP contribution in [0.15, 0.2) is 0 Å². The predicted octanol–water partition coefficient (Wildman–Crippen LogP) is -0.116. The Morgan fingerprint density at radius 2 is 2.00 bits per heavy atom. The smallest absolute Gasteiger partial charge is 0.267 e. The first kappa shape index (κ1) is 6.93. The third-order valence-corrected chi connectivity index (χ3v) is 3.89. The molecule has 0 radical (unpaired) electrons. The standard InChI is InChI=1S/C6H11NOS/c7-6(8)5-9-3-1-2-4-9/h1-5H2,(H-,7,8)/p+1. The molecule has 1 heterocycles. The van der Waals surface area contributed by atoms with Gasteiger partial charge in [0.25, 0.3) is 5.91 Å². The lowest BCUT2D eigenvalue weighted by Gasteiger charge is -1.93. The molecule has 2 nitrogen and oxygen atoms in total. The first-order chi connectivity index (χ1) is 4.29. The van der Waals surface area contributed by atoms with Crippen molar-refractivity contribution in [2.75, 3.05) is 17.3 Å². The van der Waals surface area contributed by atoms with Crippen LogP contribution in [0.2, 0.25) is 0 Å². The van der Waals surface area contributed by atoms with Gasteiger partial charge in [-0.25, -0.2) is 0 Å². The molecule has 3 heteroatoms. The molecule has 0 aliphatic carbocycles. The van der Waals surface area contributed by atoms with E-state index in [9.17, 15) is 4.79 Å². The van der Waals surface area contributed by atoms with Crippen molar-refractivity contribution < 1.29 is 4.79 Å². The normalized spacial score (nSPS) is 20.4. The molecule has 0 aromatic carbocycles. The van der Waals surface area contributed by atoms with Gasteiger partial charge in [-0.05, 0) is 23.7 Å². The summed E-state index contributed by atoms with van der Waals surface area (Å²) in [5.74, 6) is 2.99. The molecule has 0 saturated carbocycles. The highest BCUT2D eigenvalue weighted by Crippen LogP contribution is 2.12. The molecule has 0 atom stereocenters. The minimum absolute atomic E-state index is 0.125. The molecule has 1 saturated heterocycles. The highest BCUT2D eigenvalue weighted by Gasteiger charge is 2.25. The lowest BCUT2D eigenvalue weighted by Crippen LogP contribution is -2.24. The maximum atomic E-state index is 10.4. The van der Waals surface area contributed by atoms with Crippen LogP contribution in [0.4, 0.5) is 0 Å². The lowest BCUT2D eigenvalue weighted by atomic mass is 10.4. The molecular formula is C6H12NOS+. The number of primary amides is 1. The molecule has 1 aliphatic rings. The molecule has 1 aliphatic heterocycles. The zero-order chi connectivity index (χ0) is 6.69. The van der Waals surface area contributed by atoms with Crippen LogP contribution in [0.25, 0.3) is 0 Å². The molecule has 0 bridgehead atoms. The second-order valence-electron chi connectivity index (χ2n) is 2.34. The van der Waals surface area contributed by atoms with Gasteiger partial charge in [0.15, 0.2) is 5.75 Å². The van der Waals surface area contributed by atoms with Gasteiger partial charge in [0.05, 0.1) is 0 Å². The van der Waals surface area contributed by atoms with Crippen LogP contribution in [-0.2, 0) is 15.7 Å². The zero-order valence-corrected chi connectivity index (χ0v) is 6.25. The minimum atomic E-state index is -0.125. The van der Waals surface area contributed by atoms with Crippen LogP contribution < -0.4 is 5.73 Å². The molecule has 0 spiro atoms. The maximum absolute atomic E-state index is 10.4. The summed E-state index contributed by atoms with van der Waals surface area (Å²) >= 11 is 0. The monoisotopic (exact) mass is 146 g/mol. The minimum Gasteiger partial charge on any atom is -0.366 e. The Balaban J connectivity index is 2.19. The van der Waals surface area contributed by atoms with Gasteiger partial charge in [-0.2, -0.15) is 0 Å². The van der Waals surface area contributed by atoms with Gasteiger partial charge in [-0.15, -0.1) is 0 Å². The summed E-state index contributed by atoms with van der Waals surface area (Å²) in [6.07, 6.45) is 2.60. The van der Waals surface area contributed by atoms with E-state index in [1.165, 1.54) is 24.3 Å². The van der Waals surface area contributed by atoms with E-state index in [0.29, 0.717) is 16.6 Å². The Labute approximate surface area is 58.2 Å².